The molecule has 1 aliphatic rings. The van der Waals surface area contributed by atoms with Gasteiger partial charge in [0.2, 0.25) is 0 Å². The lowest BCUT2D eigenvalue weighted by molar-refractivity contribution is -0.137. The molecule has 122 valence electrons. The zero-order valence-electron chi connectivity index (χ0n) is 12.6. The summed E-state index contributed by atoms with van der Waals surface area (Å²) < 4.78 is 43.9. The van der Waals surface area contributed by atoms with Gasteiger partial charge in [-0.1, -0.05) is 17.8 Å². The van der Waals surface area contributed by atoms with E-state index in [4.69, 9.17) is 4.74 Å². The maximum atomic E-state index is 12.9. The van der Waals surface area contributed by atoms with Crippen LogP contribution in [0.15, 0.2) is 52.4 Å². The lowest BCUT2D eigenvalue weighted by Crippen LogP contribution is -2.06. The predicted octanol–water partition coefficient (Wildman–Crippen LogP) is 5.32. The van der Waals surface area contributed by atoms with E-state index in [1.54, 1.807) is 25.1 Å². The molecule has 24 heavy (non-hydrogen) atoms. The lowest BCUT2D eigenvalue weighted by atomic mass is 10.0. The van der Waals surface area contributed by atoms with Gasteiger partial charge >= 0.3 is 6.18 Å². The second-order valence-corrected chi connectivity index (χ2v) is 6.65. The monoisotopic (exact) mass is 347 g/mol. The fourth-order valence-corrected chi connectivity index (χ4v) is 4.02. The van der Waals surface area contributed by atoms with E-state index in [0.717, 1.165) is 44.2 Å². The Morgan fingerprint density at radius 2 is 1.92 bits per heavy atom. The molecule has 0 fully saturated rings. The van der Waals surface area contributed by atoms with Crippen LogP contribution in [0.2, 0.25) is 0 Å². The Labute approximate surface area is 140 Å². The Balaban J connectivity index is 1.82. The number of rotatable bonds is 1. The third-order valence-electron chi connectivity index (χ3n) is 4.08. The van der Waals surface area contributed by atoms with Crippen molar-refractivity contribution in [1.29, 1.82) is 0 Å². The van der Waals surface area contributed by atoms with Crippen molar-refractivity contribution in [2.45, 2.75) is 22.4 Å². The van der Waals surface area contributed by atoms with Crippen LogP contribution >= 0.6 is 11.8 Å². The van der Waals surface area contributed by atoms with Crippen molar-refractivity contribution in [3.05, 3.63) is 59.3 Å². The molecule has 0 saturated carbocycles. The highest BCUT2D eigenvalue weighted by Gasteiger charge is 2.31. The minimum absolute atomic E-state index is 0.369. The van der Waals surface area contributed by atoms with Crippen molar-refractivity contribution < 1.29 is 17.9 Å². The number of nitrogens with zero attached hydrogens (tertiary/aromatic N) is 1. The molecule has 2 nitrogen and oxygen atoms in total. The van der Waals surface area contributed by atoms with Crippen LogP contribution < -0.4 is 4.74 Å². The van der Waals surface area contributed by atoms with Gasteiger partial charge in [0, 0.05) is 27.8 Å². The minimum Gasteiger partial charge on any atom is -0.497 e. The molecule has 0 aliphatic carbocycles. The van der Waals surface area contributed by atoms with Gasteiger partial charge in [-0.05, 0) is 41.5 Å². The number of aromatic nitrogens is 1. The number of fused-ring (bicyclic) bond motifs is 4. The summed E-state index contributed by atoms with van der Waals surface area (Å²) >= 11 is 1.57. The molecule has 0 radical (unpaired) electrons. The first-order valence-corrected chi connectivity index (χ1v) is 8.11. The molecule has 0 unspecified atom stereocenters. The van der Waals surface area contributed by atoms with E-state index in [-0.39, 0.29) is 0 Å². The quantitative estimate of drug-likeness (QED) is 0.465. The largest absolute Gasteiger partial charge is 0.497 e. The van der Waals surface area contributed by atoms with Crippen molar-refractivity contribution >= 4 is 22.7 Å². The summed E-state index contributed by atoms with van der Waals surface area (Å²) in [4.78, 5) is 6.31. The SMILES string of the molecule is COc1ccc2c(c1)Cc1cnc3cc(C(F)(F)F)ccc3c1S2. The second-order valence-electron chi connectivity index (χ2n) is 5.59. The van der Waals surface area contributed by atoms with Gasteiger partial charge in [-0.2, -0.15) is 13.2 Å². The molecule has 0 N–H and O–H groups in total. The average molecular weight is 347 g/mol. The van der Waals surface area contributed by atoms with Gasteiger partial charge in [0.15, 0.2) is 0 Å². The summed E-state index contributed by atoms with van der Waals surface area (Å²) in [5.41, 5.74) is 1.86. The van der Waals surface area contributed by atoms with E-state index in [1.807, 2.05) is 18.2 Å². The van der Waals surface area contributed by atoms with E-state index >= 15 is 0 Å². The number of pyridine rings is 1. The molecule has 0 atom stereocenters. The molecule has 3 aromatic rings. The summed E-state index contributed by atoms with van der Waals surface area (Å²) in [5, 5.41) is 0.756. The zero-order valence-corrected chi connectivity index (χ0v) is 13.5. The topological polar surface area (TPSA) is 22.1 Å². The Bertz CT molecular complexity index is 953. The molecule has 0 saturated heterocycles. The van der Waals surface area contributed by atoms with Crippen LogP contribution in [0.1, 0.15) is 16.7 Å². The Hall–Kier alpha value is -2.21. The number of methoxy groups -OCH3 is 1. The van der Waals surface area contributed by atoms with Gasteiger partial charge in [0.1, 0.15) is 5.75 Å². The fraction of sp³-hybridized carbons (Fsp3) is 0.167. The summed E-state index contributed by atoms with van der Waals surface area (Å²) in [6, 6.07) is 9.61. The molecule has 1 aromatic heterocycles. The highest BCUT2D eigenvalue weighted by atomic mass is 32.2. The fourth-order valence-electron chi connectivity index (χ4n) is 2.87. The van der Waals surface area contributed by atoms with Crippen LogP contribution in [0, 0.1) is 0 Å². The third kappa shape index (κ3) is 2.51. The van der Waals surface area contributed by atoms with E-state index in [2.05, 4.69) is 4.98 Å². The van der Waals surface area contributed by atoms with Crippen LogP contribution in [-0.4, -0.2) is 12.1 Å². The molecule has 0 bridgehead atoms. The smallest absolute Gasteiger partial charge is 0.416 e. The van der Waals surface area contributed by atoms with Gasteiger partial charge in [-0.3, -0.25) is 4.98 Å². The van der Waals surface area contributed by atoms with Crippen molar-refractivity contribution in [3.63, 3.8) is 0 Å². The molecule has 2 heterocycles. The number of ether oxygens (including phenoxy) is 1. The highest BCUT2D eigenvalue weighted by Crippen LogP contribution is 2.44. The van der Waals surface area contributed by atoms with E-state index in [0.29, 0.717) is 11.9 Å². The predicted molar refractivity (Wildman–Crippen MR) is 86.7 cm³/mol. The van der Waals surface area contributed by atoms with E-state index in [9.17, 15) is 13.2 Å². The molecule has 2 aromatic carbocycles. The molecule has 4 rings (SSSR count). The van der Waals surface area contributed by atoms with Crippen molar-refractivity contribution in [1.82, 2.24) is 4.98 Å². The van der Waals surface area contributed by atoms with Crippen molar-refractivity contribution in [3.8, 4) is 5.75 Å². The standard InChI is InChI=1S/C18H12F3NOS/c1-23-13-3-5-16-10(7-13)6-11-9-22-15-8-12(18(19,20)21)2-4-14(15)17(11)24-16/h2-5,7-9H,6H2,1H3. The Morgan fingerprint density at radius 3 is 2.67 bits per heavy atom. The van der Waals surface area contributed by atoms with Gasteiger partial charge in [-0.25, -0.2) is 0 Å². The molecule has 6 heteroatoms. The van der Waals surface area contributed by atoms with Crippen LogP contribution in [0.4, 0.5) is 13.2 Å². The molecule has 0 amide bonds. The maximum absolute atomic E-state index is 12.9. The number of halogens is 3. The molecular weight excluding hydrogens is 335 g/mol. The van der Waals surface area contributed by atoms with Gasteiger partial charge < -0.3 is 4.74 Å². The number of hydrogen-bond acceptors (Lipinski definition) is 3. The van der Waals surface area contributed by atoms with E-state index in [1.165, 1.54) is 6.07 Å². The van der Waals surface area contributed by atoms with Crippen LogP contribution in [-0.2, 0) is 12.6 Å². The maximum Gasteiger partial charge on any atom is 0.416 e. The first-order chi connectivity index (χ1) is 11.5. The zero-order chi connectivity index (χ0) is 16.9. The molecule has 0 spiro atoms. The number of hydrogen-bond donors (Lipinski definition) is 0. The summed E-state index contributed by atoms with van der Waals surface area (Å²) in [6.45, 7) is 0. The van der Waals surface area contributed by atoms with Crippen LogP contribution in [0.25, 0.3) is 10.9 Å². The normalized spacial score (nSPS) is 13.5. The minimum atomic E-state index is -4.36. The molecule has 1 aliphatic heterocycles. The van der Waals surface area contributed by atoms with Gasteiger partial charge in [-0.15, -0.1) is 0 Å². The first-order valence-electron chi connectivity index (χ1n) is 7.29. The first kappa shape index (κ1) is 15.3. The summed E-state index contributed by atoms with van der Waals surface area (Å²) in [5.74, 6) is 0.793. The van der Waals surface area contributed by atoms with Crippen LogP contribution in [0.5, 0.6) is 5.75 Å². The van der Waals surface area contributed by atoms with Gasteiger partial charge in [0.05, 0.1) is 18.2 Å². The third-order valence-corrected chi connectivity index (χ3v) is 5.39. The Morgan fingerprint density at radius 1 is 1.08 bits per heavy atom. The van der Waals surface area contributed by atoms with E-state index < -0.39 is 11.7 Å². The Kier molecular flexibility index (Phi) is 3.46. The lowest BCUT2D eigenvalue weighted by Gasteiger charge is -2.21. The molecular formula is C18H12F3NOS. The summed E-state index contributed by atoms with van der Waals surface area (Å²) in [6.07, 6.45) is -1.99. The highest BCUT2D eigenvalue weighted by molar-refractivity contribution is 7.99. The average Bonchev–Trinajstić information content (AvgIpc) is 2.58. The van der Waals surface area contributed by atoms with Gasteiger partial charge in [0.25, 0.3) is 0 Å². The van der Waals surface area contributed by atoms with Crippen LogP contribution in [0.3, 0.4) is 0 Å². The summed E-state index contributed by atoms with van der Waals surface area (Å²) in [7, 11) is 1.62. The number of benzene rings is 2. The second kappa shape index (κ2) is 5.41. The van der Waals surface area contributed by atoms with Crippen molar-refractivity contribution in [2.75, 3.05) is 7.11 Å². The number of alkyl halides is 3. The van der Waals surface area contributed by atoms with Crippen molar-refractivity contribution in [2.24, 2.45) is 0 Å².